The summed E-state index contributed by atoms with van der Waals surface area (Å²) < 4.78 is 0. The summed E-state index contributed by atoms with van der Waals surface area (Å²) >= 11 is 0. The van der Waals surface area contributed by atoms with Gasteiger partial charge in [0.15, 0.2) is 0 Å². The molecule has 0 radical (unpaired) electrons. The average molecular weight is 260 g/mol. The van der Waals surface area contributed by atoms with Crippen LogP contribution in [0.3, 0.4) is 0 Å². The van der Waals surface area contributed by atoms with Gasteiger partial charge < -0.3 is 5.73 Å². The van der Waals surface area contributed by atoms with E-state index in [0.29, 0.717) is 6.04 Å². The molecule has 0 bridgehead atoms. The molecule has 2 N–H and O–H groups in total. The fourth-order valence-electron chi connectivity index (χ4n) is 3.43. The smallest absolute Gasteiger partial charge is 0.0475 e. The van der Waals surface area contributed by atoms with E-state index in [1.807, 2.05) is 0 Å². The third-order valence-corrected chi connectivity index (χ3v) is 4.81. The molecule has 1 aromatic rings. The molecule has 1 aliphatic heterocycles. The van der Waals surface area contributed by atoms with Crippen LogP contribution >= 0.6 is 0 Å². The summed E-state index contributed by atoms with van der Waals surface area (Å²) in [5, 5.41) is 0. The van der Waals surface area contributed by atoms with Crippen LogP contribution in [0.5, 0.6) is 0 Å². The average Bonchev–Trinajstić information content (AvgIpc) is 2.42. The fraction of sp³-hybridized carbons (Fsp3) is 0.647. The Labute approximate surface area is 118 Å². The van der Waals surface area contributed by atoms with Crippen molar-refractivity contribution < 1.29 is 0 Å². The van der Waals surface area contributed by atoms with E-state index >= 15 is 0 Å². The van der Waals surface area contributed by atoms with Crippen LogP contribution in [-0.4, -0.2) is 24.5 Å². The molecule has 1 unspecified atom stereocenters. The van der Waals surface area contributed by atoms with Crippen molar-refractivity contribution in [3.63, 3.8) is 0 Å². The highest BCUT2D eigenvalue weighted by atomic mass is 15.2. The van der Waals surface area contributed by atoms with Crippen molar-refractivity contribution in [2.75, 3.05) is 19.6 Å². The standard InChI is InChI=1S/C17H28N2/c1-12-10-13(2)15(4)17(14(12)3)16(11-18)19-8-6-5-7-9-19/h10,16H,5-9,11,18H2,1-4H3. The normalized spacial score (nSPS) is 18.6. The summed E-state index contributed by atoms with van der Waals surface area (Å²) in [5.74, 6) is 0. The van der Waals surface area contributed by atoms with E-state index in [1.54, 1.807) is 0 Å². The topological polar surface area (TPSA) is 29.3 Å². The molecular formula is C17H28N2. The molecule has 0 spiro atoms. The summed E-state index contributed by atoms with van der Waals surface area (Å²) in [4.78, 5) is 2.59. The maximum Gasteiger partial charge on any atom is 0.0475 e. The number of likely N-dealkylation sites (tertiary alicyclic amines) is 1. The number of hydrogen-bond donors (Lipinski definition) is 1. The van der Waals surface area contributed by atoms with Crippen LogP contribution in [0, 0.1) is 27.7 Å². The van der Waals surface area contributed by atoms with Gasteiger partial charge >= 0.3 is 0 Å². The number of nitrogens with two attached hydrogens (primary N) is 1. The third kappa shape index (κ3) is 2.85. The van der Waals surface area contributed by atoms with E-state index in [0.717, 1.165) is 6.54 Å². The molecule has 0 aliphatic carbocycles. The Morgan fingerprint density at radius 1 is 1.00 bits per heavy atom. The highest BCUT2D eigenvalue weighted by Gasteiger charge is 2.24. The predicted octanol–water partition coefficient (Wildman–Crippen LogP) is 3.41. The maximum atomic E-state index is 6.13. The Morgan fingerprint density at radius 3 is 2.00 bits per heavy atom. The Morgan fingerprint density at radius 2 is 1.53 bits per heavy atom. The van der Waals surface area contributed by atoms with Gasteiger partial charge in [-0.3, -0.25) is 4.90 Å². The zero-order valence-corrected chi connectivity index (χ0v) is 12.9. The monoisotopic (exact) mass is 260 g/mol. The SMILES string of the molecule is Cc1cc(C)c(C)c(C(CN)N2CCCCC2)c1C. The van der Waals surface area contributed by atoms with Gasteiger partial charge in [0.25, 0.3) is 0 Å². The van der Waals surface area contributed by atoms with Crippen molar-refractivity contribution in [3.8, 4) is 0 Å². The van der Waals surface area contributed by atoms with Crippen LogP contribution in [0.4, 0.5) is 0 Å². The van der Waals surface area contributed by atoms with E-state index in [9.17, 15) is 0 Å². The maximum absolute atomic E-state index is 6.13. The van der Waals surface area contributed by atoms with Crippen LogP contribution in [-0.2, 0) is 0 Å². The number of piperidine rings is 1. The second-order valence-electron chi connectivity index (χ2n) is 6.02. The van der Waals surface area contributed by atoms with Crippen LogP contribution in [0.2, 0.25) is 0 Å². The molecule has 2 nitrogen and oxygen atoms in total. The van der Waals surface area contributed by atoms with Gasteiger partial charge in [0.05, 0.1) is 0 Å². The van der Waals surface area contributed by atoms with Crippen molar-refractivity contribution in [2.45, 2.75) is 53.0 Å². The Kier molecular flexibility index (Phi) is 4.64. The highest BCUT2D eigenvalue weighted by molar-refractivity contribution is 5.46. The molecule has 0 amide bonds. The molecule has 2 rings (SSSR count). The zero-order chi connectivity index (χ0) is 14.0. The lowest BCUT2D eigenvalue weighted by Gasteiger charge is -2.36. The summed E-state index contributed by atoms with van der Waals surface area (Å²) in [5.41, 5.74) is 13.3. The van der Waals surface area contributed by atoms with Crippen molar-refractivity contribution in [1.29, 1.82) is 0 Å². The molecule has 1 heterocycles. The molecule has 106 valence electrons. The largest absolute Gasteiger partial charge is 0.329 e. The number of hydrogen-bond acceptors (Lipinski definition) is 2. The van der Waals surface area contributed by atoms with E-state index in [4.69, 9.17) is 5.73 Å². The van der Waals surface area contributed by atoms with Crippen molar-refractivity contribution >= 4 is 0 Å². The van der Waals surface area contributed by atoms with Gasteiger partial charge in [0.2, 0.25) is 0 Å². The van der Waals surface area contributed by atoms with Gasteiger partial charge in [-0.05, 0) is 81.4 Å². The van der Waals surface area contributed by atoms with Gasteiger partial charge in [-0.1, -0.05) is 12.5 Å². The minimum absolute atomic E-state index is 0.402. The van der Waals surface area contributed by atoms with E-state index in [-0.39, 0.29) is 0 Å². The molecule has 0 aromatic heterocycles. The molecule has 1 atom stereocenters. The van der Waals surface area contributed by atoms with E-state index in [2.05, 4.69) is 38.7 Å². The quantitative estimate of drug-likeness (QED) is 0.902. The van der Waals surface area contributed by atoms with Crippen LogP contribution in [0.25, 0.3) is 0 Å². The number of nitrogens with zero attached hydrogens (tertiary/aromatic N) is 1. The van der Waals surface area contributed by atoms with Gasteiger partial charge in [-0.25, -0.2) is 0 Å². The van der Waals surface area contributed by atoms with Gasteiger partial charge in [-0.2, -0.15) is 0 Å². The molecular weight excluding hydrogens is 232 g/mol. The van der Waals surface area contributed by atoms with Crippen molar-refractivity contribution in [2.24, 2.45) is 5.73 Å². The first-order valence-electron chi connectivity index (χ1n) is 7.57. The molecule has 2 heteroatoms. The minimum atomic E-state index is 0.402. The van der Waals surface area contributed by atoms with Gasteiger partial charge in [-0.15, -0.1) is 0 Å². The predicted molar refractivity (Wildman–Crippen MR) is 82.6 cm³/mol. The van der Waals surface area contributed by atoms with Crippen LogP contribution in [0.15, 0.2) is 6.07 Å². The van der Waals surface area contributed by atoms with Gasteiger partial charge in [0.1, 0.15) is 0 Å². The molecule has 1 saturated heterocycles. The van der Waals surface area contributed by atoms with E-state index in [1.165, 1.54) is 60.2 Å². The first-order valence-corrected chi connectivity index (χ1v) is 7.57. The second kappa shape index (κ2) is 6.06. The fourth-order valence-corrected chi connectivity index (χ4v) is 3.43. The summed E-state index contributed by atoms with van der Waals surface area (Å²) in [6.07, 6.45) is 4.01. The first-order chi connectivity index (χ1) is 9.06. The summed E-state index contributed by atoms with van der Waals surface area (Å²) in [7, 11) is 0. The van der Waals surface area contributed by atoms with Gasteiger partial charge in [0, 0.05) is 12.6 Å². The number of rotatable bonds is 3. The van der Waals surface area contributed by atoms with Crippen molar-refractivity contribution in [3.05, 3.63) is 33.9 Å². The van der Waals surface area contributed by atoms with Crippen LogP contribution < -0.4 is 5.73 Å². The lowest BCUT2D eigenvalue weighted by molar-refractivity contribution is 0.166. The molecule has 1 aromatic carbocycles. The Balaban J connectivity index is 2.42. The molecule has 1 aliphatic rings. The third-order valence-electron chi connectivity index (χ3n) is 4.81. The summed E-state index contributed by atoms with van der Waals surface area (Å²) in [6.45, 7) is 12.1. The Bertz CT molecular complexity index is 419. The lowest BCUT2D eigenvalue weighted by atomic mass is 9.88. The molecule has 1 fully saturated rings. The van der Waals surface area contributed by atoms with Crippen LogP contribution in [0.1, 0.15) is 53.1 Å². The zero-order valence-electron chi connectivity index (χ0n) is 12.9. The molecule has 19 heavy (non-hydrogen) atoms. The lowest BCUT2D eigenvalue weighted by Crippen LogP contribution is -2.38. The second-order valence-corrected chi connectivity index (χ2v) is 6.02. The number of benzene rings is 1. The number of aryl methyl sites for hydroxylation is 2. The first kappa shape index (κ1) is 14.5. The Hall–Kier alpha value is -0.860. The van der Waals surface area contributed by atoms with Crippen molar-refractivity contribution in [1.82, 2.24) is 4.90 Å². The minimum Gasteiger partial charge on any atom is -0.329 e. The summed E-state index contributed by atoms with van der Waals surface area (Å²) in [6, 6.07) is 2.71. The molecule has 0 saturated carbocycles. The van der Waals surface area contributed by atoms with E-state index < -0.39 is 0 Å². The highest BCUT2D eigenvalue weighted by Crippen LogP contribution is 2.32.